The highest BCUT2D eigenvalue weighted by atomic mass is 35.5. The Morgan fingerprint density at radius 1 is 1.03 bits per heavy atom. The topological polar surface area (TPSA) is 48.5 Å². The Hall–Kier alpha value is -2.41. The maximum Gasteiger partial charge on any atom is 0.240 e. The zero-order valence-electron chi connectivity index (χ0n) is 18.1. The highest BCUT2D eigenvalue weighted by Crippen LogP contribution is 2.27. The number of carbonyl (C=O) groups excluding carboxylic acids is 1. The van der Waals surface area contributed by atoms with Crippen LogP contribution in [0, 0.1) is 20.8 Å². The van der Waals surface area contributed by atoms with Gasteiger partial charge in [-0.1, -0.05) is 29.8 Å². The molecule has 1 aliphatic rings. The van der Waals surface area contributed by atoms with Crippen LogP contribution in [0.25, 0.3) is 11.3 Å². The van der Waals surface area contributed by atoms with Crippen LogP contribution in [0.15, 0.2) is 41.8 Å². The second kappa shape index (κ2) is 9.39. The molecule has 0 unspecified atom stereocenters. The molecule has 1 N–H and O–H groups in total. The fraction of sp³-hybridized carbons (Fsp3) is 0.333. The van der Waals surface area contributed by atoms with Gasteiger partial charge < -0.3 is 10.2 Å². The number of thiazole rings is 1. The Labute approximate surface area is 192 Å². The summed E-state index contributed by atoms with van der Waals surface area (Å²) in [6.07, 6.45) is 0. The Morgan fingerprint density at radius 2 is 1.77 bits per heavy atom. The van der Waals surface area contributed by atoms with Gasteiger partial charge in [0.2, 0.25) is 5.91 Å². The van der Waals surface area contributed by atoms with Crippen molar-refractivity contribution in [1.82, 2.24) is 9.88 Å². The summed E-state index contributed by atoms with van der Waals surface area (Å²) in [5.74, 6) is -0.0200. The first-order valence-corrected chi connectivity index (χ1v) is 11.7. The third-order valence-electron chi connectivity index (χ3n) is 5.80. The maximum absolute atomic E-state index is 12.6. The summed E-state index contributed by atoms with van der Waals surface area (Å²) >= 11 is 7.63. The number of nitrogens with zero attached hydrogens (tertiary/aromatic N) is 3. The van der Waals surface area contributed by atoms with Crippen LogP contribution in [0.4, 0.5) is 10.8 Å². The van der Waals surface area contributed by atoms with E-state index in [0.717, 1.165) is 42.5 Å². The van der Waals surface area contributed by atoms with Crippen molar-refractivity contribution < 1.29 is 4.79 Å². The third-order valence-corrected chi connectivity index (χ3v) is 6.80. The molecule has 162 valence electrons. The number of benzene rings is 2. The first-order valence-electron chi connectivity index (χ1n) is 10.5. The molecule has 1 amide bonds. The van der Waals surface area contributed by atoms with Crippen molar-refractivity contribution in [1.29, 1.82) is 0 Å². The van der Waals surface area contributed by atoms with Gasteiger partial charge in [0.1, 0.15) is 0 Å². The van der Waals surface area contributed by atoms with E-state index in [-0.39, 0.29) is 5.91 Å². The Balaban J connectivity index is 1.30. The molecule has 0 aliphatic carbocycles. The average molecular weight is 455 g/mol. The largest absolute Gasteiger partial charge is 0.369 e. The first kappa shape index (κ1) is 21.8. The minimum atomic E-state index is -0.0200. The number of amides is 1. The minimum Gasteiger partial charge on any atom is -0.369 e. The van der Waals surface area contributed by atoms with Crippen molar-refractivity contribution >= 4 is 39.7 Å². The minimum absolute atomic E-state index is 0.0200. The molecule has 0 radical (unpaired) electrons. The lowest BCUT2D eigenvalue weighted by atomic mass is 10.1. The predicted octanol–water partition coefficient (Wildman–Crippen LogP) is 5.15. The summed E-state index contributed by atoms with van der Waals surface area (Å²) < 4.78 is 0. The van der Waals surface area contributed by atoms with E-state index < -0.39 is 0 Å². The van der Waals surface area contributed by atoms with Gasteiger partial charge in [-0.05, 0) is 55.7 Å². The van der Waals surface area contributed by atoms with Crippen LogP contribution in [-0.2, 0) is 4.79 Å². The van der Waals surface area contributed by atoms with E-state index in [4.69, 9.17) is 11.6 Å². The molecule has 3 aromatic rings. The summed E-state index contributed by atoms with van der Waals surface area (Å²) in [6, 6.07) is 12.3. The van der Waals surface area contributed by atoms with Crippen LogP contribution >= 0.6 is 22.9 Å². The molecule has 0 saturated carbocycles. The summed E-state index contributed by atoms with van der Waals surface area (Å²) in [6.45, 7) is 10.1. The molecule has 7 heteroatoms. The highest BCUT2D eigenvalue weighted by molar-refractivity contribution is 7.14. The van der Waals surface area contributed by atoms with E-state index in [1.54, 1.807) is 0 Å². The van der Waals surface area contributed by atoms with E-state index >= 15 is 0 Å². The van der Waals surface area contributed by atoms with Gasteiger partial charge in [0.05, 0.1) is 12.2 Å². The van der Waals surface area contributed by atoms with Gasteiger partial charge in [0, 0.05) is 47.8 Å². The third kappa shape index (κ3) is 5.26. The number of piperazine rings is 1. The van der Waals surface area contributed by atoms with E-state index in [0.29, 0.717) is 11.7 Å². The first-order chi connectivity index (χ1) is 14.9. The smallest absolute Gasteiger partial charge is 0.240 e. The zero-order chi connectivity index (χ0) is 22.0. The van der Waals surface area contributed by atoms with Crippen LogP contribution < -0.4 is 10.2 Å². The number of rotatable bonds is 5. The molecule has 0 bridgehead atoms. The molecule has 31 heavy (non-hydrogen) atoms. The molecule has 5 nitrogen and oxygen atoms in total. The second-order valence-electron chi connectivity index (χ2n) is 8.08. The van der Waals surface area contributed by atoms with Gasteiger partial charge in [0.25, 0.3) is 0 Å². The number of carbonyl (C=O) groups is 1. The zero-order valence-corrected chi connectivity index (χ0v) is 19.7. The number of aryl methyl sites for hydroxylation is 3. The molecule has 0 spiro atoms. The van der Waals surface area contributed by atoms with Gasteiger partial charge in [-0.3, -0.25) is 9.69 Å². The molecule has 2 heterocycles. The monoisotopic (exact) mass is 454 g/mol. The lowest BCUT2D eigenvalue weighted by Gasteiger charge is -2.36. The molecule has 0 atom stereocenters. The van der Waals surface area contributed by atoms with Crippen LogP contribution in [0.2, 0.25) is 5.02 Å². The molecular weight excluding hydrogens is 428 g/mol. The summed E-state index contributed by atoms with van der Waals surface area (Å²) in [7, 11) is 0. The van der Waals surface area contributed by atoms with Gasteiger partial charge in [0.15, 0.2) is 5.13 Å². The standard InChI is InChI=1S/C24H27ClN4OS/c1-16-4-6-19(12-18(16)3)21-15-31-24(26-21)27-23(30)14-28-8-10-29(11-9-28)22-13-20(25)7-5-17(22)2/h4-7,12-13,15H,8-11,14H2,1-3H3,(H,26,27,30). The van der Waals surface area contributed by atoms with Crippen molar-refractivity contribution in [3.05, 3.63) is 63.5 Å². The van der Waals surface area contributed by atoms with Crippen LogP contribution in [0.1, 0.15) is 16.7 Å². The molecule has 2 aromatic carbocycles. The van der Waals surface area contributed by atoms with Crippen molar-refractivity contribution in [3.8, 4) is 11.3 Å². The van der Waals surface area contributed by atoms with Crippen LogP contribution in [-0.4, -0.2) is 48.5 Å². The van der Waals surface area contributed by atoms with Gasteiger partial charge in [-0.15, -0.1) is 11.3 Å². The van der Waals surface area contributed by atoms with E-state index in [9.17, 15) is 4.79 Å². The van der Waals surface area contributed by atoms with E-state index in [1.165, 1.54) is 33.7 Å². The number of halogens is 1. The van der Waals surface area contributed by atoms with Crippen LogP contribution in [0.5, 0.6) is 0 Å². The molecule has 1 fully saturated rings. The summed E-state index contributed by atoms with van der Waals surface area (Å²) in [5.41, 5.74) is 6.87. The normalized spacial score (nSPS) is 14.6. The van der Waals surface area contributed by atoms with Gasteiger partial charge in [-0.25, -0.2) is 4.98 Å². The molecule has 1 aliphatic heterocycles. The molecule has 4 rings (SSSR count). The molecule has 1 saturated heterocycles. The second-order valence-corrected chi connectivity index (χ2v) is 9.37. The molecule has 1 aromatic heterocycles. The number of hydrogen-bond donors (Lipinski definition) is 1. The summed E-state index contributed by atoms with van der Waals surface area (Å²) in [4.78, 5) is 21.7. The summed E-state index contributed by atoms with van der Waals surface area (Å²) in [5, 5.41) is 6.35. The number of aromatic nitrogens is 1. The van der Waals surface area contributed by atoms with Crippen LogP contribution in [0.3, 0.4) is 0 Å². The SMILES string of the molecule is Cc1ccc(-c2csc(NC(=O)CN3CCN(c4cc(Cl)ccc4C)CC3)n2)cc1C. The van der Waals surface area contributed by atoms with E-state index in [2.05, 4.69) is 65.1 Å². The highest BCUT2D eigenvalue weighted by Gasteiger charge is 2.21. The fourth-order valence-corrected chi connectivity index (χ4v) is 4.70. The average Bonchev–Trinajstić information content (AvgIpc) is 3.21. The fourth-order valence-electron chi connectivity index (χ4n) is 3.80. The number of nitrogens with one attached hydrogen (secondary N) is 1. The van der Waals surface area contributed by atoms with Crippen molar-refractivity contribution in [2.45, 2.75) is 20.8 Å². The van der Waals surface area contributed by atoms with Crippen molar-refractivity contribution in [3.63, 3.8) is 0 Å². The van der Waals surface area contributed by atoms with Gasteiger partial charge >= 0.3 is 0 Å². The lowest BCUT2D eigenvalue weighted by molar-refractivity contribution is -0.117. The maximum atomic E-state index is 12.6. The van der Waals surface area contributed by atoms with Gasteiger partial charge in [-0.2, -0.15) is 0 Å². The Bertz CT molecular complexity index is 1090. The molecular formula is C24H27ClN4OS. The predicted molar refractivity (Wildman–Crippen MR) is 130 cm³/mol. The quantitative estimate of drug-likeness (QED) is 0.579. The van der Waals surface area contributed by atoms with Crippen molar-refractivity contribution in [2.24, 2.45) is 0 Å². The lowest BCUT2D eigenvalue weighted by Crippen LogP contribution is -2.48. The Kier molecular flexibility index (Phi) is 6.60. The van der Waals surface area contributed by atoms with Crippen molar-refractivity contribution in [2.75, 3.05) is 42.9 Å². The van der Waals surface area contributed by atoms with E-state index in [1.807, 2.05) is 17.5 Å². The number of anilines is 2. The number of hydrogen-bond acceptors (Lipinski definition) is 5. The Morgan fingerprint density at radius 3 is 2.52 bits per heavy atom.